The molecule has 2 aliphatic rings. The van der Waals surface area contributed by atoms with Gasteiger partial charge in [0.25, 0.3) is 0 Å². The lowest BCUT2D eigenvalue weighted by molar-refractivity contribution is 0.00700. The summed E-state index contributed by atoms with van der Waals surface area (Å²) in [6.07, 6.45) is -0.276. The highest BCUT2D eigenvalue weighted by Gasteiger charge is 2.34. The topological polar surface area (TPSA) is 87.7 Å². The van der Waals surface area contributed by atoms with Gasteiger partial charge in [-0.25, -0.2) is 4.79 Å². The number of guanidine groups is 1. The Morgan fingerprint density at radius 3 is 2.62 bits per heavy atom. The average molecular weight is 448 g/mol. The van der Waals surface area contributed by atoms with Crippen LogP contribution < -0.4 is 15.4 Å². The average Bonchev–Trinajstić information content (AvgIpc) is 2.72. The smallest absolute Gasteiger partial charge is 0.410 e. The van der Waals surface area contributed by atoms with Crippen LogP contribution in [0.2, 0.25) is 0 Å². The molecule has 9 heteroatoms. The summed E-state index contributed by atoms with van der Waals surface area (Å²) in [5, 5.41) is 6.70. The summed E-state index contributed by atoms with van der Waals surface area (Å²) in [7, 11) is 1.74. The van der Waals surface area contributed by atoms with Crippen LogP contribution in [0.15, 0.2) is 29.3 Å². The highest BCUT2D eigenvalue weighted by Crippen LogP contribution is 2.18. The minimum atomic E-state index is -0.481. The minimum absolute atomic E-state index is 0.147. The summed E-state index contributed by atoms with van der Waals surface area (Å²) in [5.74, 6) is 1.57. The lowest BCUT2D eigenvalue weighted by Gasteiger charge is -2.40. The number of likely N-dealkylation sites (tertiary alicyclic amines) is 1. The largest absolute Gasteiger partial charge is 0.492 e. The molecule has 0 aromatic heterocycles. The second kappa shape index (κ2) is 11.4. The van der Waals surface area contributed by atoms with Gasteiger partial charge < -0.3 is 29.7 Å². The van der Waals surface area contributed by atoms with Crippen LogP contribution in [0.5, 0.6) is 5.75 Å². The molecule has 3 rings (SSSR count). The number of ether oxygens (including phenoxy) is 3. The Balaban J connectivity index is 1.41. The molecule has 0 saturated carbocycles. The number of benzene rings is 1. The highest BCUT2D eigenvalue weighted by molar-refractivity contribution is 5.80. The van der Waals surface area contributed by atoms with Gasteiger partial charge in [0.05, 0.1) is 19.3 Å². The number of carbonyl (C=O) groups is 1. The molecule has 178 valence electrons. The Labute approximate surface area is 191 Å². The molecule has 0 spiro atoms. The van der Waals surface area contributed by atoms with Crippen molar-refractivity contribution in [3.05, 3.63) is 29.8 Å². The molecule has 0 atom stereocenters. The lowest BCUT2D eigenvalue weighted by atomic mass is 10.1. The maximum Gasteiger partial charge on any atom is 0.410 e. The van der Waals surface area contributed by atoms with Crippen molar-refractivity contribution in [2.45, 2.75) is 39.0 Å². The number of para-hydroxylation sites is 1. The van der Waals surface area contributed by atoms with Gasteiger partial charge in [0, 0.05) is 51.9 Å². The second-order valence-corrected chi connectivity index (χ2v) is 9.06. The van der Waals surface area contributed by atoms with Crippen molar-refractivity contribution < 1.29 is 19.0 Å². The van der Waals surface area contributed by atoms with E-state index in [9.17, 15) is 4.79 Å². The van der Waals surface area contributed by atoms with Gasteiger partial charge >= 0.3 is 6.09 Å². The number of aliphatic imine (C=N–C) groups is 1. The third kappa shape index (κ3) is 7.56. The van der Waals surface area contributed by atoms with E-state index in [-0.39, 0.29) is 12.1 Å². The zero-order valence-electron chi connectivity index (χ0n) is 19.7. The van der Waals surface area contributed by atoms with Crippen LogP contribution in [0.4, 0.5) is 4.79 Å². The van der Waals surface area contributed by atoms with Crippen LogP contribution >= 0.6 is 0 Å². The number of hydrogen-bond donors (Lipinski definition) is 2. The fourth-order valence-electron chi connectivity index (χ4n) is 3.51. The Bertz CT molecular complexity index is 768. The first-order valence-electron chi connectivity index (χ1n) is 11.3. The molecule has 9 nitrogen and oxygen atoms in total. The van der Waals surface area contributed by atoms with Gasteiger partial charge in [-0.1, -0.05) is 18.2 Å². The molecule has 0 aliphatic carbocycles. The molecule has 2 N–H and O–H groups in total. The number of hydrogen-bond acceptors (Lipinski definition) is 6. The number of carbonyl (C=O) groups excluding carboxylic acids is 1. The van der Waals surface area contributed by atoms with E-state index >= 15 is 0 Å². The number of rotatable bonds is 7. The zero-order chi connectivity index (χ0) is 23.0. The van der Waals surface area contributed by atoms with E-state index in [0.29, 0.717) is 32.2 Å². The maximum absolute atomic E-state index is 12.1. The molecule has 1 amide bonds. The first-order valence-corrected chi connectivity index (χ1v) is 11.3. The van der Waals surface area contributed by atoms with Crippen LogP contribution in [0, 0.1) is 0 Å². The van der Waals surface area contributed by atoms with Crippen LogP contribution in [-0.4, -0.2) is 93.1 Å². The molecule has 0 radical (unpaired) electrons. The Hall–Kier alpha value is -2.52. The van der Waals surface area contributed by atoms with Gasteiger partial charge in [0.15, 0.2) is 5.96 Å². The van der Waals surface area contributed by atoms with Crippen LogP contribution in [0.1, 0.15) is 26.3 Å². The minimum Gasteiger partial charge on any atom is -0.492 e. The number of nitrogens with zero attached hydrogens (tertiary/aromatic N) is 3. The molecule has 2 heterocycles. The van der Waals surface area contributed by atoms with Gasteiger partial charge in [-0.2, -0.15) is 0 Å². The molecule has 0 bridgehead atoms. The fourth-order valence-corrected chi connectivity index (χ4v) is 3.51. The van der Waals surface area contributed by atoms with Crippen molar-refractivity contribution in [1.82, 2.24) is 20.4 Å². The van der Waals surface area contributed by atoms with E-state index in [1.54, 1.807) is 11.9 Å². The van der Waals surface area contributed by atoms with Crippen LogP contribution in [0.25, 0.3) is 0 Å². The van der Waals surface area contributed by atoms with E-state index in [2.05, 4.69) is 26.6 Å². The number of morpholine rings is 1. The predicted molar refractivity (Wildman–Crippen MR) is 124 cm³/mol. The van der Waals surface area contributed by atoms with E-state index < -0.39 is 5.60 Å². The van der Waals surface area contributed by atoms with E-state index in [1.165, 1.54) is 0 Å². The van der Waals surface area contributed by atoms with Gasteiger partial charge in [-0.05, 0) is 26.8 Å². The van der Waals surface area contributed by atoms with E-state index in [1.807, 2.05) is 39.0 Å². The normalized spacial score (nSPS) is 18.1. The Kier molecular flexibility index (Phi) is 8.58. The molecule has 1 aromatic carbocycles. The molecule has 0 unspecified atom stereocenters. The van der Waals surface area contributed by atoms with Crippen molar-refractivity contribution in [3.8, 4) is 5.75 Å². The third-order valence-corrected chi connectivity index (χ3v) is 5.29. The quantitative estimate of drug-likeness (QED) is 0.486. The highest BCUT2D eigenvalue weighted by atomic mass is 16.6. The molecular formula is C23H37N5O4. The van der Waals surface area contributed by atoms with Crippen LogP contribution in [-0.2, 0) is 16.0 Å². The lowest BCUT2D eigenvalue weighted by Crippen LogP contribution is -2.63. The number of amides is 1. The zero-order valence-corrected chi connectivity index (χ0v) is 19.7. The van der Waals surface area contributed by atoms with Crippen molar-refractivity contribution in [2.24, 2.45) is 4.99 Å². The molecular weight excluding hydrogens is 410 g/mol. The van der Waals surface area contributed by atoms with E-state index in [0.717, 1.165) is 44.2 Å². The Morgan fingerprint density at radius 1 is 1.22 bits per heavy atom. The van der Waals surface area contributed by atoms with Gasteiger partial charge in [-0.15, -0.1) is 0 Å². The second-order valence-electron chi connectivity index (χ2n) is 9.06. The number of nitrogens with one attached hydrogen (secondary N) is 2. The summed E-state index contributed by atoms with van der Waals surface area (Å²) in [4.78, 5) is 20.4. The van der Waals surface area contributed by atoms with Gasteiger partial charge in [-0.3, -0.25) is 9.89 Å². The van der Waals surface area contributed by atoms with Gasteiger partial charge in [0.2, 0.25) is 0 Å². The third-order valence-electron chi connectivity index (χ3n) is 5.29. The standard InChI is InChI=1S/C23H37N5O4/c1-23(2,3)32-22(29)28-16-19(17-28)26-21(24-4)25-15-18-7-5-6-8-20(18)31-14-11-27-9-12-30-13-10-27/h5-8,19H,9-17H2,1-4H3,(H2,24,25,26). The van der Waals surface area contributed by atoms with Crippen LogP contribution in [0.3, 0.4) is 0 Å². The van der Waals surface area contributed by atoms with Crippen molar-refractivity contribution in [3.63, 3.8) is 0 Å². The molecule has 2 fully saturated rings. The monoisotopic (exact) mass is 447 g/mol. The summed E-state index contributed by atoms with van der Waals surface area (Å²) in [6, 6.07) is 8.19. The SMILES string of the molecule is CN=C(NCc1ccccc1OCCN1CCOCC1)NC1CN(C(=O)OC(C)(C)C)C1. The van der Waals surface area contributed by atoms with E-state index in [4.69, 9.17) is 14.2 Å². The molecule has 32 heavy (non-hydrogen) atoms. The van der Waals surface area contributed by atoms with Crippen molar-refractivity contribution in [2.75, 3.05) is 59.6 Å². The van der Waals surface area contributed by atoms with Crippen molar-refractivity contribution >= 4 is 12.1 Å². The molecule has 2 aliphatic heterocycles. The molecule has 1 aromatic rings. The summed E-state index contributed by atoms with van der Waals surface area (Å²) < 4.78 is 16.9. The predicted octanol–water partition coefficient (Wildman–Crippen LogP) is 1.68. The Morgan fingerprint density at radius 2 is 1.94 bits per heavy atom. The summed E-state index contributed by atoms with van der Waals surface area (Å²) in [6.45, 7) is 12.4. The fraction of sp³-hybridized carbons (Fsp3) is 0.652. The first kappa shape index (κ1) is 24.1. The first-order chi connectivity index (χ1) is 15.3. The van der Waals surface area contributed by atoms with Crippen molar-refractivity contribution in [1.29, 1.82) is 0 Å². The summed E-state index contributed by atoms with van der Waals surface area (Å²) in [5.41, 5.74) is 0.589. The van der Waals surface area contributed by atoms with Gasteiger partial charge in [0.1, 0.15) is 18.0 Å². The summed E-state index contributed by atoms with van der Waals surface area (Å²) >= 11 is 0. The maximum atomic E-state index is 12.1. The molecule has 2 saturated heterocycles.